The highest BCUT2D eigenvalue weighted by molar-refractivity contribution is 7.99. The molecular formula is C7H10N2OS2. The summed E-state index contributed by atoms with van der Waals surface area (Å²) in [5.41, 5.74) is 5.50. The molecule has 0 atom stereocenters. The third kappa shape index (κ3) is 1.91. The summed E-state index contributed by atoms with van der Waals surface area (Å²) in [5, 5.41) is 1.35. The molecule has 0 amide bonds. The summed E-state index contributed by atoms with van der Waals surface area (Å²) in [4.78, 5) is 5.24. The largest absolute Gasteiger partial charge is 0.379 e. The molecule has 0 bridgehead atoms. The van der Waals surface area contributed by atoms with E-state index < -0.39 is 0 Å². The van der Waals surface area contributed by atoms with E-state index in [2.05, 4.69) is 4.98 Å². The van der Waals surface area contributed by atoms with Gasteiger partial charge in [-0.05, 0) is 0 Å². The first kappa shape index (κ1) is 8.34. The van der Waals surface area contributed by atoms with Gasteiger partial charge in [0, 0.05) is 16.8 Å². The summed E-state index contributed by atoms with van der Waals surface area (Å²) >= 11 is 3.49. The molecule has 1 fully saturated rings. The van der Waals surface area contributed by atoms with Gasteiger partial charge in [-0.1, -0.05) is 0 Å². The van der Waals surface area contributed by atoms with Crippen LogP contribution in [-0.4, -0.2) is 23.4 Å². The molecule has 1 aromatic rings. The van der Waals surface area contributed by atoms with Gasteiger partial charge in [0.05, 0.1) is 18.5 Å². The molecule has 0 saturated carbocycles. The molecule has 0 radical (unpaired) electrons. The molecule has 1 aliphatic rings. The Labute approximate surface area is 79.3 Å². The van der Waals surface area contributed by atoms with Gasteiger partial charge < -0.3 is 10.5 Å². The van der Waals surface area contributed by atoms with Crippen LogP contribution in [0.4, 0.5) is 5.13 Å². The lowest BCUT2D eigenvalue weighted by Crippen LogP contribution is -2.30. The lowest BCUT2D eigenvalue weighted by atomic mass is 10.4. The molecule has 1 aromatic heterocycles. The van der Waals surface area contributed by atoms with Crippen molar-refractivity contribution >= 4 is 28.2 Å². The molecule has 0 aromatic carbocycles. The summed E-state index contributed by atoms with van der Waals surface area (Å²) in [7, 11) is 0. The van der Waals surface area contributed by atoms with Crippen LogP contribution in [0, 0.1) is 0 Å². The van der Waals surface area contributed by atoms with E-state index >= 15 is 0 Å². The Balaban J connectivity index is 1.79. The third-order valence-electron chi connectivity index (χ3n) is 1.64. The van der Waals surface area contributed by atoms with Gasteiger partial charge in [-0.3, -0.25) is 0 Å². The summed E-state index contributed by atoms with van der Waals surface area (Å²) in [5.74, 6) is 1.02. The van der Waals surface area contributed by atoms with Crippen LogP contribution in [0.2, 0.25) is 0 Å². The second-order valence-corrected chi connectivity index (χ2v) is 5.07. The predicted molar refractivity (Wildman–Crippen MR) is 52.4 cm³/mol. The van der Waals surface area contributed by atoms with Crippen molar-refractivity contribution in [1.82, 2.24) is 4.98 Å². The van der Waals surface area contributed by atoms with Crippen molar-refractivity contribution < 1.29 is 4.74 Å². The highest BCUT2D eigenvalue weighted by atomic mass is 32.2. The van der Waals surface area contributed by atoms with Crippen LogP contribution in [0.5, 0.6) is 0 Å². The maximum atomic E-state index is 5.50. The molecule has 12 heavy (non-hydrogen) atoms. The van der Waals surface area contributed by atoms with Crippen molar-refractivity contribution in [2.24, 2.45) is 0 Å². The van der Waals surface area contributed by atoms with E-state index in [4.69, 9.17) is 10.5 Å². The topological polar surface area (TPSA) is 48.1 Å². The lowest BCUT2D eigenvalue weighted by molar-refractivity contribution is 0.0455. The quantitative estimate of drug-likeness (QED) is 0.804. The highest BCUT2D eigenvalue weighted by Gasteiger charge is 2.18. The minimum atomic E-state index is 0.662. The molecule has 2 N–H and O–H groups in total. The zero-order valence-corrected chi connectivity index (χ0v) is 8.16. The maximum Gasteiger partial charge on any atom is 0.180 e. The number of hydrogen-bond acceptors (Lipinski definition) is 5. The Morgan fingerprint density at radius 1 is 1.75 bits per heavy atom. The van der Waals surface area contributed by atoms with E-state index in [0.29, 0.717) is 10.4 Å². The second-order valence-electron chi connectivity index (χ2n) is 2.64. The summed E-state index contributed by atoms with van der Waals surface area (Å²) < 4.78 is 5.07. The normalized spacial score (nSPS) is 17.7. The smallest absolute Gasteiger partial charge is 0.180 e. The number of nitrogen functional groups attached to an aromatic ring is 1. The Morgan fingerprint density at radius 3 is 3.08 bits per heavy atom. The Bertz CT molecular complexity index is 260. The monoisotopic (exact) mass is 202 g/mol. The zero-order valence-electron chi connectivity index (χ0n) is 6.53. The standard InChI is InChI=1S/C7H10N2OS2/c8-7-9-1-5(12-7)4-11-6-2-10-3-6/h1,6H,2-4H2,(H2,8,9). The van der Waals surface area contributed by atoms with Gasteiger partial charge in [-0.15, -0.1) is 23.1 Å². The van der Waals surface area contributed by atoms with Crippen LogP contribution >= 0.6 is 23.1 Å². The minimum absolute atomic E-state index is 0.662. The number of rotatable bonds is 3. The van der Waals surface area contributed by atoms with Gasteiger partial charge in [-0.2, -0.15) is 0 Å². The summed E-state index contributed by atoms with van der Waals surface area (Å²) in [6, 6.07) is 0. The van der Waals surface area contributed by atoms with Gasteiger partial charge >= 0.3 is 0 Å². The number of ether oxygens (including phenoxy) is 1. The van der Waals surface area contributed by atoms with Crippen molar-refractivity contribution in [2.45, 2.75) is 11.0 Å². The zero-order chi connectivity index (χ0) is 8.39. The average molecular weight is 202 g/mol. The Morgan fingerprint density at radius 2 is 2.58 bits per heavy atom. The minimum Gasteiger partial charge on any atom is -0.379 e. The molecule has 0 unspecified atom stereocenters. The molecule has 3 nitrogen and oxygen atoms in total. The van der Waals surface area contributed by atoms with Crippen LogP contribution in [0.15, 0.2) is 6.20 Å². The number of nitrogens with two attached hydrogens (primary N) is 1. The fraction of sp³-hybridized carbons (Fsp3) is 0.571. The van der Waals surface area contributed by atoms with E-state index in [1.54, 1.807) is 11.3 Å². The third-order valence-corrected chi connectivity index (χ3v) is 3.87. The van der Waals surface area contributed by atoms with Gasteiger partial charge in [0.2, 0.25) is 0 Å². The number of thioether (sulfide) groups is 1. The van der Waals surface area contributed by atoms with Crippen LogP contribution in [-0.2, 0) is 10.5 Å². The van der Waals surface area contributed by atoms with Gasteiger partial charge in [0.15, 0.2) is 5.13 Å². The van der Waals surface area contributed by atoms with E-state index in [1.807, 2.05) is 18.0 Å². The number of aromatic nitrogens is 1. The number of nitrogens with zero attached hydrogens (tertiary/aromatic N) is 1. The summed E-state index contributed by atoms with van der Waals surface area (Å²) in [6.45, 7) is 1.80. The van der Waals surface area contributed by atoms with Crippen molar-refractivity contribution in [1.29, 1.82) is 0 Å². The molecular weight excluding hydrogens is 192 g/mol. The van der Waals surface area contributed by atoms with Crippen molar-refractivity contribution in [3.05, 3.63) is 11.1 Å². The van der Waals surface area contributed by atoms with E-state index in [0.717, 1.165) is 19.0 Å². The number of thiazole rings is 1. The van der Waals surface area contributed by atoms with Gasteiger partial charge in [-0.25, -0.2) is 4.98 Å². The van der Waals surface area contributed by atoms with Crippen LogP contribution in [0.1, 0.15) is 4.88 Å². The van der Waals surface area contributed by atoms with E-state index in [-0.39, 0.29) is 0 Å². The maximum absolute atomic E-state index is 5.50. The van der Waals surface area contributed by atoms with E-state index in [1.165, 1.54) is 4.88 Å². The van der Waals surface area contributed by atoms with Crippen LogP contribution < -0.4 is 5.73 Å². The Kier molecular flexibility index (Phi) is 2.53. The Hall–Kier alpha value is -0.260. The van der Waals surface area contributed by atoms with Gasteiger partial charge in [0.1, 0.15) is 0 Å². The van der Waals surface area contributed by atoms with Crippen molar-refractivity contribution in [3.63, 3.8) is 0 Å². The highest BCUT2D eigenvalue weighted by Crippen LogP contribution is 2.26. The average Bonchev–Trinajstić information content (AvgIpc) is 2.32. The predicted octanol–water partition coefficient (Wildman–Crippen LogP) is 1.36. The molecule has 66 valence electrons. The molecule has 5 heteroatoms. The first-order valence-corrected chi connectivity index (χ1v) is 5.60. The summed E-state index contributed by atoms with van der Waals surface area (Å²) in [6.07, 6.45) is 1.85. The van der Waals surface area contributed by atoms with E-state index in [9.17, 15) is 0 Å². The molecule has 1 saturated heterocycles. The van der Waals surface area contributed by atoms with Gasteiger partial charge in [0.25, 0.3) is 0 Å². The fourth-order valence-corrected chi connectivity index (χ4v) is 2.68. The molecule has 2 rings (SSSR count). The fourth-order valence-electron chi connectivity index (χ4n) is 0.900. The lowest BCUT2D eigenvalue weighted by Gasteiger charge is -2.24. The van der Waals surface area contributed by atoms with Crippen molar-refractivity contribution in [2.75, 3.05) is 18.9 Å². The second kappa shape index (κ2) is 3.64. The number of hydrogen-bond donors (Lipinski definition) is 1. The first-order chi connectivity index (χ1) is 5.84. The molecule has 0 spiro atoms. The van der Waals surface area contributed by atoms with Crippen LogP contribution in [0.25, 0.3) is 0 Å². The van der Waals surface area contributed by atoms with Crippen LogP contribution in [0.3, 0.4) is 0 Å². The molecule has 2 heterocycles. The first-order valence-electron chi connectivity index (χ1n) is 3.74. The SMILES string of the molecule is Nc1ncc(CSC2COC2)s1. The number of anilines is 1. The molecule has 1 aliphatic heterocycles. The molecule has 0 aliphatic carbocycles. The van der Waals surface area contributed by atoms with Crippen molar-refractivity contribution in [3.8, 4) is 0 Å².